The van der Waals surface area contributed by atoms with E-state index >= 15 is 0 Å². The second kappa shape index (κ2) is 5.76. The molecule has 0 radical (unpaired) electrons. The number of carbonyl (C=O) groups is 1. The van der Waals surface area contributed by atoms with Crippen LogP contribution < -0.4 is 0 Å². The molecule has 0 spiro atoms. The van der Waals surface area contributed by atoms with E-state index in [1.54, 1.807) is 6.92 Å². The van der Waals surface area contributed by atoms with E-state index in [1.165, 1.54) is 0 Å². The highest BCUT2D eigenvalue weighted by Crippen LogP contribution is 2.36. The molecular formula is C13H21F3O2. The zero-order valence-electron chi connectivity index (χ0n) is 11.5. The lowest BCUT2D eigenvalue weighted by molar-refractivity contribution is -0.176. The van der Waals surface area contributed by atoms with Gasteiger partial charge >= 0.3 is 12.1 Å². The van der Waals surface area contributed by atoms with E-state index in [1.807, 2.05) is 27.7 Å². The summed E-state index contributed by atoms with van der Waals surface area (Å²) in [7, 11) is 0. The molecule has 0 saturated carbocycles. The fraction of sp³-hybridized carbons (Fsp3) is 0.769. The number of hydrogen-bond donors (Lipinski definition) is 0. The number of esters is 1. The molecule has 0 aliphatic rings. The van der Waals surface area contributed by atoms with Crippen molar-refractivity contribution in [2.45, 2.75) is 52.8 Å². The van der Waals surface area contributed by atoms with Gasteiger partial charge in [0.15, 0.2) is 0 Å². The minimum Gasteiger partial charge on any atom is -0.455 e. The molecule has 0 aliphatic carbocycles. The lowest BCUT2D eigenvalue weighted by Gasteiger charge is -2.40. The maximum atomic E-state index is 12.4. The van der Waals surface area contributed by atoms with Gasteiger partial charge in [-0.05, 0) is 18.3 Å². The molecular weight excluding hydrogens is 245 g/mol. The quantitative estimate of drug-likeness (QED) is 0.553. The van der Waals surface area contributed by atoms with E-state index < -0.39 is 23.3 Å². The van der Waals surface area contributed by atoms with Gasteiger partial charge in [-0.1, -0.05) is 41.2 Å². The molecule has 0 fully saturated rings. The smallest absolute Gasteiger partial charge is 0.422 e. The third-order valence-electron chi connectivity index (χ3n) is 3.38. The largest absolute Gasteiger partial charge is 0.455 e. The van der Waals surface area contributed by atoms with Gasteiger partial charge in [-0.2, -0.15) is 13.2 Å². The SMILES string of the molecule is C=C(C(=O)OC(CC)(C(C)C)C(C)C)C(F)(F)F. The van der Waals surface area contributed by atoms with Crippen LogP contribution in [0.15, 0.2) is 12.2 Å². The van der Waals surface area contributed by atoms with E-state index in [0.29, 0.717) is 6.42 Å². The Morgan fingerprint density at radius 3 is 1.78 bits per heavy atom. The first-order chi connectivity index (χ1) is 7.99. The van der Waals surface area contributed by atoms with Crippen LogP contribution >= 0.6 is 0 Å². The topological polar surface area (TPSA) is 26.3 Å². The first-order valence-electron chi connectivity index (χ1n) is 5.98. The summed E-state index contributed by atoms with van der Waals surface area (Å²) >= 11 is 0. The Kier molecular flexibility index (Phi) is 5.44. The van der Waals surface area contributed by atoms with Crippen molar-refractivity contribution in [2.24, 2.45) is 11.8 Å². The summed E-state index contributed by atoms with van der Waals surface area (Å²) in [5.74, 6) is -1.54. The van der Waals surface area contributed by atoms with Crippen LogP contribution in [0, 0.1) is 11.8 Å². The minimum atomic E-state index is -4.75. The molecule has 5 heteroatoms. The summed E-state index contributed by atoms with van der Waals surface area (Å²) in [5, 5.41) is 0. The lowest BCUT2D eigenvalue weighted by atomic mass is 9.78. The van der Waals surface area contributed by atoms with E-state index in [2.05, 4.69) is 6.58 Å². The summed E-state index contributed by atoms with van der Waals surface area (Å²) < 4.78 is 42.3. The number of alkyl halides is 3. The zero-order chi connectivity index (χ0) is 14.7. The predicted molar refractivity (Wildman–Crippen MR) is 64.0 cm³/mol. The molecule has 0 aromatic carbocycles. The number of rotatable bonds is 5. The van der Waals surface area contributed by atoms with Crippen LogP contribution in [0.2, 0.25) is 0 Å². The first kappa shape index (κ1) is 17.0. The number of hydrogen-bond acceptors (Lipinski definition) is 2. The van der Waals surface area contributed by atoms with Crippen LogP contribution in [0.3, 0.4) is 0 Å². The van der Waals surface area contributed by atoms with E-state index in [4.69, 9.17) is 4.74 Å². The summed E-state index contributed by atoms with van der Waals surface area (Å²) in [5.41, 5.74) is -2.35. The van der Waals surface area contributed by atoms with Gasteiger partial charge in [0.05, 0.1) is 0 Å². The van der Waals surface area contributed by atoms with Crippen LogP contribution in [-0.4, -0.2) is 17.7 Å². The van der Waals surface area contributed by atoms with Gasteiger partial charge in [-0.3, -0.25) is 0 Å². The van der Waals surface area contributed by atoms with Gasteiger partial charge in [0.2, 0.25) is 0 Å². The zero-order valence-corrected chi connectivity index (χ0v) is 11.5. The molecule has 0 amide bonds. The van der Waals surface area contributed by atoms with Crippen molar-refractivity contribution in [3.63, 3.8) is 0 Å². The van der Waals surface area contributed by atoms with Crippen molar-refractivity contribution in [1.82, 2.24) is 0 Å². The summed E-state index contributed by atoms with van der Waals surface area (Å²) in [6, 6.07) is 0. The molecule has 0 aromatic rings. The van der Waals surface area contributed by atoms with Crippen molar-refractivity contribution < 1.29 is 22.7 Å². The maximum absolute atomic E-state index is 12.4. The highest BCUT2D eigenvalue weighted by molar-refractivity contribution is 5.89. The normalized spacial score (nSPS) is 13.0. The van der Waals surface area contributed by atoms with Gasteiger partial charge in [-0.15, -0.1) is 0 Å². The fourth-order valence-corrected chi connectivity index (χ4v) is 2.14. The summed E-state index contributed by atoms with van der Waals surface area (Å²) in [6.07, 6.45) is -4.29. The van der Waals surface area contributed by atoms with Crippen molar-refractivity contribution in [2.75, 3.05) is 0 Å². The molecule has 0 heterocycles. The average molecular weight is 266 g/mol. The first-order valence-corrected chi connectivity index (χ1v) is 5.98. The maximum Gasteiger partial charge on any atom is 0.422 e. The van der Waals surface area contributed by atoms with Crippen molar-refractivity contribution >= 4 is 5.97 Å². The predicted octanol–water partition coefficient (Wildman–Crippen LogP) is 4.11. The Hall–Kier alpha value is -1.00. The third-order valence-corrected chi connectivity index (χ3v) is 3.38. The molecule has 0 unspecified atom stereocenters. The van der Waals surface area contributed by atoms with Gasteiger partial charge in [0.1, 0.15) is 11.2 Å². The summed E-state index contributed by atoms with van der Waals surface area (Å²) in [4.78, 5) is 11.5. The molecule has 0 bridgehead atoms. The number of halogens is 3. The van der Waals surface area contributed by atoms with Crippen LogP contribution in [0.5, 0.6) is 0 Å². The lowest BCUT2D eigenvalue weighted by Crippen LogP contribution is -2.45. The monoisotopic (exact) mass is 266 g/mol. The summed E-state index contributed by atoms with van der Waals surface area (Å²) in [6.45, 7) is 11.9. The van der Waals surface area contributed by atoms with Gasteiger partial charge in [0.25, 0.3) is 0 Å². The van der Waals surface area contributed by atoms with Crippen LogP contribution in [0.1, 0.15) is 41.0 Å². The van der Waals surface area contributed by atoms with Crippen LogP contribution in [0.4, 0.5) is 13.2 Å². The highest BCUT2D eigenvalue weighted by atomic mass is 19.4. The molecule has 2 nitrogen and oxygen atoms in total. The van der Waals surface area contributed by atoms with E-state index in [9.17, 15) is 18.0 Å². The Bertz CT molecular complexity index is 309. The van der Waals surface area contributed by atoms with Gasteiger partial charge in [0, 0.05) is 0 Å². The Labute approximate surface area is 106 Å². The van der Waals surface area contributed by atoms with E-state index in [0.717, 1.165) is 0 Å². The van der Waals surface area contributed by atoms with Gasteiger partial charge in [-0.25, -0.2) is 4.79 Å². The second-order valence-corrected chi connectivity index (χ2v) is 4.98. The average Bonchev–Trinajstić information content (AvgIpc) is 2.22. The Balaban J connectivity index is 5.14. The van der Waals surface area contributed by atoms with E-state index in [-0.39, 0.29) is 11.8 Å². The molecule has 106 valence electrons. The number of ether oxygens (including phenoxy) is 1. The molecule has 0 N–H and O–H groups in total. The second-order valence-electron chi connectivity index (χ2n) is 4.98. The van der Waals surface area contributed by atoms with Crippen LogP contribution in [-0.2, 0) is 9.53 Å². The molecule has 0 aromatic heterocycles. The number of carbonyl (C=O) groups excluding carboxylic acids is 1. The molecule has 0 aliphatic heterocycles. The fourth-order valence-electron chi connectivity index (χ4n) is 2.14. The third kappa shape index (κ3) is 3.50. The van der Waals surface area contributed by atoms with Crippen molar-refractivity contribution in [3.05, 3.63) is 12.2 Å². The van der Waals surface area contributed by atoms with Crippen LogP contribution in [0.25, 0.3) is 0 Å². The molecule has 0 rings (SSSR count). The highest BCUT2D eigenvalue weighted by Gasteiger charge is 2.44. The Morgan fingerprint density at radius 1 is 1.17 bits per heavy atom. The van der Waals surface area contributed by atoms with Crippen molar-refractivity contribution in [3.8, 4) is 0 Å². The standard InChI is InChI=1S/C13H21F3O2/c1-7-12(8(2)3,9(4)5)18-11(17)10(6)13(14,15)16/h8-9H,6-7H2,1-5H3. The van der Waals surface area contributed by atoms with Gasteiger partial charge < -0.3 is 4.74 Å². The molecule has 0 atom stereocenters. The minimum absolute atomic E-state index is 0.0764. The Morgan fingerprint density at radius 2 is 1.56 bits per heavy atom. The van der Waals surface area contributed by atoms with Crippen molar-refractivity contribution in [1.29, 1.82) is 0 Å². The molecule has 18 heavy (non-hydrogen) atoms. The molecule has 0 saturated heterocycles.